The number of nitrogens with one attached hydrogen (secondary N) is 1. The molecule has 0 saturated carbocycles. The number of halogens is 1. The van der Waals surface area contributed by atoms with Crippen molar-refractivity contribution < 1.29 is 4.74 Å². The lowest BCUT2D eigenvalue weighted by Crippen LogP contribution is -2.30. The van der Waals surface area contributed by atoms with E-state index in [1.807, 2.05) is 0 Å². The molecular formula is C12H18ClN3O. The van der Waals surface area contributed by atoms with Gasteiger partial charge in [-0.1, -0.05) is 25.4 Å². The highest BCUT2D eigenvalue weighted by Gasteiger charge is 2.15. The molecule has 1 aromatic rings. The summed E-state index contributed by atoms with van der Waals surface area (Å²) in [7, 11) is 0. The van der Waals surface area contributed by atoms with Crippen LogP contribution in [-0.2, 0) is 4.74 Å². The smallest absolute Gasteiger partial charge is 0.135 e. The van der Waals surface area contributed by atoms with E-state index >= 15 is 0 Å². The molecule has 0 bridgehead atoms. The van der Waals surface area contributed by atoms with Crippen LogP contribution >= 0.6 is 11.6 Å². The Hall–Kier alpha value is -0.870. The van der Waals surface area contributed by atoms with Gasteiger partial charge in [-0.05, 0) is 12.8 Å². The Labute approximate surface area is 107 Å². The van der Waals surface area contributed by atoms with E-state index in [1.54, 1.807) is 6.07 Å². The zero-order chi connectivity index (χ0) is 12.3. The summed E-state index contributed by atoms with van der Waals surface area (Å²) in [5.41, 5.74) is 0. The molecule has 2 heterocycles. The van der Waals surface area contributed by atoms with Gasteiger partial charge in [0, 0.05) is 18.6 Å². The molecule has 1 saturated heterocycles. The third-order valence-corrected chi connectivity index (χ3v) is 2.93. The second-order valence-electron chi connectivity index (χ2n) is 4.65. The number of ether oxygens (including phenoxy) is 1. The van der Waals surface area contributed by atoms with Crippen molar-refractivity contribution in [1.29, 1.82) is 0 Å². The van der Waals surface area contributed by atoms with Crippen LogP contribution in [0, 0.1) is 0 Å². The fraction of sp³-hybridized carbons (Fsp3) is 0.667. The lowest BCUT2D eigenvalue weighted by atomic mass is 10.1. The van der Waals surface area contributed by atoms with Crippen molar-refractivity contribution in [3.63, 3.8) is 0 Å². The average Bonchev–Trinajstić information content (AvgIpc) is 2.29. The van der Waals surface area contributed by atoms with Crippen LogP contribution in [-0.4, -0.2) is 29.2 Å². The number of aromatic nitrogens is 2. The Bertz CT molecular complexity index is 378. The van der Waals surface area contributed by atoms with E-state index < -0.39 is 0 Å². The molecular weight excluding hydrogens is 238 g/mol. The van der Waals surface area contributed by atoms with Gasteiger partial charge in [-0.15, -0.1) is 0 Å². The van der Waals surface area contributed by atoms with Crippen LogP contribution in [0.2, 0.25) is 5.15 Å². The van der Waals surface area contributed by atoms with Gasteiger partial charge in [-0.3, -0.25) is 0 Å². The second kappa shape index (κ2) is 5.65. The molecule has 2 rings (SSSR count). The first kappa shape index (κ1) is 12.6. The molecule has 1 aliphatic heterocycles. The molecule has 17 heavy (non-hydrogen) atoms. The first-order valence-corrected chi connectivity index (χ1v) is 6.41. The van der Waals surface area contributed by atoms with Crippen molar-refractivity contribution in [3.8, 4) is 0 Å². The maximum absolute atomic E-state index is 5.99. The molecule has 1 aliphatic rings. The molecule has 94 valence electrons. The Kier molecular flexibility index (Phi) is 4.18. The summed E-state index contributed by atoms with van der Waals surface area (Å²) in [5.74, 6) is 1.85. The van der Waals surface area contributed by atoms with Gasteiger partial charge in [-0.2, -0.15) is 0 Å². The fourth-order valence-electron chi connectivity index (χ4n) is 1.83. The van der Waals surface area contributed by atoms with Crippen LogP contribution in [0.5, 0.6) is 0 Å². The summed E-state index contributed by atoms with van der Waals surface area (Å²) in [6.07, 6.45) is 2.20. The van der Waals surface area contributed by atoms with Crippen molar-refractivity contribution in [2.45, 2.75) is 38.6 Å². The maximum atomic E-state index is 5.99. The third-order valence-electron chi connectivity index (χ3n) is 2.74. The van der Waals surface area contributed by atoms with Crippen molar-refractivity contribution >= 4 is 17.4 Å². The number of rotatable bonds is 3. The topological polar surface area (TPSA) is 47.0 Å². The number of hydrogen-bond acceptors (Lipinski definition) is 4. The monoisotopic (exact) mass is 255 g/mol. The molecule has 1 fully saturated rings. The van der Waals surface area contributed by atoms with Crippen molar-refractivity contribution in [2.75, 3.05) is 18.5 Å². The van der Waals surface area contributed by atoms with Gasteiger partial charge in [-0.25, -0.2) is 9.97 Å². The third kappa shape index (κ3) is 3.54. The van der Waals surface area contributed by atoms with Gasteiger partial charge in [0.25, 0.3) is 0 Å². The highest BCUT2D eigenvalue weighted by Crippen LogP contribution is 2.19. The standard InChI is InChI=1S/C12H18ClN3O/c1-8(2)12-15-10(13)6-11(16-12)14-9-4-3-5-17-7-9/h6,8-9H,3-5,7H2,1-2H3,(H,14,15,16). The summed E-state index contributed by atoms with van der Waals surface area (Å²) in [5, 5.41) is 3.85. The fourth-order valence-corrected chi connectivity index (χ4v) is 2.02. The minimum absolute atomic E-state index is 0.275. The van der Waals surface area contributed by atoms with E-state index in [0.717, 1.165) is 37.7 Å². The molecule has 1 unspecified atom stereocenters. The largest absolute Gasteiger partial charge is 0.379 e. The normalized spacial score (nSPS) is 20.6. The SMILES string of the molecule is CC(C)c1nc(Cl)cc(NC2CCCOC2)n1. The molecule has 0 aromatic carbocycles. The van der Waals surface area contributed by atoms with E-state index in [4.69, 9.17) is 16.3 Å². The van der Waals surface area contributed by atoms with E-state index in [1.165, 1.54) is 0 Å². The number of hydrogen-bond donors (Lipinski definition) is 1. The quantitative estimate of drug-likeness (QED) is 0.844. The van der Waals surface area contributed by atoms with Gasteiger partial charge in [0.1, 0.15) is 16.8 Å². The Morgan fingerprint density at radius 2 is 2.29 bits per heavy atom. The van der Waals surface area contributed by atoms with Gasteiger partial charge < -0.3 is 10.1 Å². The van der Waals surface area contributed by atoms with Crippen molar-refractivity contribution in [1.82, 2.24) is 9.97 Å². The van der Waals surface area contributed by atoms with Crippen LogP contribution in [0.1, 0.15) is 38.4 Å². The molecule has 0 aliphatic carbocycles. The highest BCUT2D eigenvalue weighted by atomic mass is 35.5. The van der Waals surface area contributed by atoms with Gasteiger partial charge in [0.05, 0.1) is 12.6 Å². The van der Waals surface area contributed by atoms with Gasteiger partial charge in [0.2, 0.25) is 0 Å². The second-order valence-corrected chi connectivity index (χ2v) is 5.03. The molecule has 1 aromatic heterocycles. The molecule has 1 N–H and O–H groups in total. The molecule has 1 atom stereocenters. The zero-order valence-corrected chi connectivity index (χ0v) is 11.0. The summed E-state index contributed by atoms with van der Waals surface area (Å²) in [6, 6.07) is 2.09. The zero-order valence-electron chi connectivity index (χ0n) is 10.2. The predicted molar refractivity (Wildman–Crippen MR) is 68.6 cm³/mol. The predicted octanol–water partition coefficient (Wildman–Crippen LogP) is 2.84. The van der Waals surface area contributed by atoms with Crippen LogP contribution in [0.3, 0.4) is 0 Å². The molecule has 5 heteroatoms. The summed E-state index contributed by atoms with van der Waals surface area (Å²) in [4.78, 5) is 8.67. The van der Waals surface area contributed by atoms with E-state index in [2.05, 4.69) is 29.1 Å². The van der Waals surface area contributed by atoms with E-state index in [9.17, 15) is 0 Å². The minimum Gasteiger partial charge on any atom is -0.379 e. The van der Waals surface area contributed by atoms with E-state index in [-0.39, 0.29) is 5.92 Å². The lowest BCUT2D eigenvalue weighted by Gasteiger charge is -2.23. The molecule has 4 nitrogen and oxygen atoms in total. The molecule has 0 spiro atoms. The molecule has 0 amide bonds. The van der Waals surface area contributed by atoms with Crippen molar-refractivity contribution in [2.24, 2.45) is 0 Å². The first-order chi connectivity index (χ1) is 8.15. The summed E-state index contributed by atoms with van der Waals surface area (Å²) >= 11 is 5.99. The lowest BCUT2D eigenvalue weighted by molar-refractivity contribution is 0.0875. The number of anilines is 1. The highest BCUT2D eigenvalue weighted by molar-refractivity contribution is 6.29. The molecule has 0 radical (unpaired) electrons. The van der Waals surface area contributed by atoms with Crippen LogP contribution < -0.4 is 5.32 Å². The van der Waals surface area contributed by atoms with Crippen LogP contribution in [0.15, 0.2) is 6.07 Å². The van der Waals surface area contributed by atoms with Crippen LogP contribution in [0.4, 0.5) is 5.82 Å². The summed E-state index contributed by atoms with van der Waals surface area (Å²) in [6.45, 7) is 5.71. The van der Waals surface area contributed by atoms with E-state index in [0.29, 0.717) is 11.2 Å². The van der Waals surface area contributed by atoms with Gasteiger partial charge in [0.15, 0.2) is 0 Å². The Balaban J connectivity index is 2.09. The average molecular weight is 256 g/mol. The summed E-state index contributed by atoms with van der Waals surface area (Å²) < 4.78 is 5.42. The number of nitrogens with zero attached hydrogens (tertiary/aromatic N) is 2. The Morgan fingerprint density at radius 3 is 2.94 bits per heavy atom. The van der Waals surface area contributed by atoms with Gasteiger partial charge >= 0.3 is 0 Å². The maximum Gasteiger partial charge on any atom is 0.135 e. The van der Waals surface area contributed by atoms with Crippen molar-refractivity contribution in [3.05, 3.63) is 17.0 Å². The minimum atomic E-state index is 0.275. The van der Waals surface area contributed by atoms with Crippen LogP contribution in [0.25, 0.3) is 0 Å². The first-order valence-electron chi connectivity index (χ1n) is 6.04. The Morgan fingerprint density at radius 1 is 1.47 bits per heavy atom.